The number of ether oxygens (including phenoxy) is 1. The van der Waals surface area contributed by atoms with Gasteiger partial charge in [0.25, 0.3) is 0 Å². The molecule has 1 aromatic carbocycles. The number of aliphatic hydroxyl groups is 1. The Hall–Kier alpha value is -1.02. The molecule has 0 aromatic heterocycles. The molecule has 86 valence electrons. The summed E-state index contributed by atoms with van der Waals surface area (Å²) in [7, 11) is 1.69. The summed E-state index contributed by atoms with van der Waals surface area (Å²) in [6.07, 6.45) is 6.55. The van der Waals surface area contributed by atoms with Gasteiger partial charge in [-0.1, -0.05) is 6.07 Å². The van der Waals surface area contributed by atoms with E-state index >= 15 is 0 Å². The minimum absolute atomic E-state index is 0.575. The fraction of sp³-hybridized carbons (Fsp3) is 0.571. The Bertz CT molecular complexity index is 419. The van der Waals surface area contributed by atoms with Gasteiger partial charge in [0.2, 0.25) is 0 Å². The topological polar surface area (TPSA) is 29.5 Å². The van der Waals surface area contributed by atoms with Gasteiger partial charge in [-0.25, -0.2) is 0 Å². The Kier molecular flexibility index (Phi) is 2.21. The Morgan fingerprint density at radius 3 is 2.62 bits per heavy atom. The molecule has 0 bridgehead atoms. The van der Waals surface area contributed by atoms with Crippen LogP contribution in [0.3, 0.4) is 0 Å². The molecular formula is C14H18O2. The summed E-state index contributed by atoms with van der Waals surface area (Å²) in [6.45, 7) is 0. The first-order valence-corrected chi connectivity index (χ1v) is 6.16. The molecule has 0 unspecified atom stereocenters. The number of rotatable bonds is 2. The third-order valence-corrected chi connectivity index (χ3v) is 3.90. The highest BCUT2D eigenvalue weighted by Gasteiger charge is 2.46. The van der Waals surface area contributed by atoms with E-state index in [0.717, 1.165) is 37.0 Å². The van der Waals surface area contributed by atoms with Gasteiger partial charge in [-0.15, -0.1) is 0 Å². The zero-order valence-electron chi connectivity index (χ0n) is 9.75. The van der Waals surface area contributed by atoms with Gasteiger partial charge in [-0.2, -0.15) is 0 Å². The molecule has 2 aliphatic rings. The number of fused-ring (bicyclic) bond motifs is 1. The molecule has 16 heavy (non-hydrogen) atoms. The Labute approximate surface area is 96.2 Å². The van der Waals surface area contributed by atoms with E-state index in [9.17, 15) is 5.11 Å². The first-order chi connectivity index (χ1) is 7.74. The molecule has 0 saturated heterocycles. The predicted octanol–water partition coefficient (Wildman–Crippen LogP) is 2.56. The van der Waals surface area contributed by atoms with Crippen molar-refractivity contribution in [2.75, 3.05) is 7.11 Å². The minimum Gasteiger partial charge on any atom is -0.496 e. The van der Waals surface area contributed by atoms with E-state index in [-0.39, 0.29) is 0 Å². The lowest BCUT2D eigenvalue weighted by Gasteiger charge is -2.24. The van der Waals surface area contributed by atoms with Crippen molar-refractivity contribution >= 4 is 0 Å². The fourth-order valence-corrected chi connectivity index (χ4v) is 2.86. The van der Waals surface area contributed by atoms with Crippen LogP contribution in [0, 0.1) is 0 Å². The van der Waals surface area contributed by atoms with Crippen molar-refractivity contribution in [3.63, 3.8) is 0 Å². The summed E-state index contributed by atoms with van der Waals surface area (Å²) >= 11 is 0. The number of methoxy groups -OCH3 is 1. The highest BCUT2D eigenvalue weighted by Crippen LogP contribution is 2.51. The summed E-state index contributed by atoms with van der Waals surface area (Å²) in [5, 5.41) is 10.4. The van der Waals surface area contributed by atoms with E-state index in [1.165, 1.54) is 24.0 Å². The van der Waals surface area contributed by atoms with Gasteiger partial charge < -0.3 is 9.84 Å². The second-order valence-electron chi connectivity index (χ2n) is 5.02. The highest BCUT2D eigenvalue weighted by atomic mass is 16.5. The first-order valence-electron chi connectivity index (χ1n) is 6.16. The summed E-state index contributed by atoms with van der Waals surface area (Å²) in [5.41, 5.74) is 3.30. The molecule has 0 aliphatic heterocycles. The molecule has 0 atom stereocenters. The third-order valence-electron chi connectivity index (χ3n) is 3.90. The second kappa shape index (κ2) is 3.49. The van der Waals surface area contributed by atoms with Crippen molar-refractivity contribution in [3.05, 3.63) is 28.8 Å². The molecule has 1 fully saturated rings. The van der Waals surface area contributed by atoms with Gasteiger partial charge >= 0.3 is 0 Å². The molecule has 0 amide bonds. The molecule has 1 saturated carbocycles. The van der Waals surface area contributed by atoms with Crippen LogP contribution < -0.4 is 4.74 Å². The van der Waals surface area contributed by atoms with Gasteiger partial charge in [-0.05, 0) is 55.7 Å². The quantitative estimate of drug-likeness (QED) is 0.826. The lowest BCUT2D eigenvalue weighted by Crippen LogP contribution is -2.15. The van der Waals surface area contributed by atoms with Crippen LogP contribution in [-0.2, 0) is 18.4 Å². The summed E-state index contributed by atoms with van der Waals surface area (Å²) in [6, 6.07) is 4.19. The van der Waals surface area contributed by atoms with E-state index in [0.29, 0.717) is 0 Å². The molecule has 1 N–H and O–H groups in total. The number of hydrogen-bond acceptors (Lipinski definition) is 2. The van der Waals surface area contributed by atoms with E-state index < -0.39 is 5.60 Å². The SMILES string of the molecule is COc1ccc2c(c1C1(O)CC1)CCCC2. The summed E-state index contributed by atoms with van der Waals surface area (Å²) in [5.74, 6) is 0.876. The van der Waals surface area contributed by atoms with Gasteiger partial charge in [-0.3, -0.25) is 0 Å². The monoisotopic (exact) mass is 218 g/mol. The maximum absolute atomic E-state index is 10.4. The van der Waals surface area contributed by atoms with E-state index in [2.05, 4.69) is 6.07 Å². The second-order valence-corrected chi connectivity index (χ2v) is 5.02. The average molecular weight is 218 g/mol. The van der Waals surface area contributed by atoms with E-state index in [1.807, 2.05) is 6.07 Å². The average Bonchev–Trinajstić information content (AvgIpc) is 3.06. The largest absolute Gasteiger partial charge is 0.496 e. The zero-order chi connectivity index (χ0) is 11.2. The van der Waals surface area contributed by atoms with Crippen molar-refractivity contribution < 1.29 is 9.84 Å². The van der Waals surface area contributed by atoms with Crippen LogP contribution in [-0.4, -0.2) is 12.2 Å². The molecule has 2 heteroatoms. The summed E-state index contributed by atoms with van der Waals surface area (Å²) < 4.78 is 5.42. The Morgan fingerprint density at radius 2 is 1.94 bits per heavy atom. The van der Waals surface area contributed by atoms with Gasteiger partial charge in [0.05, 0.1) is 12.7 Å². The van der Waals surface area contributed by atoms with Gasteiger partial charge in [0, 0.05) is 5.56 Å². The lowest BCUT2D eigenvalue weighted by atomic mass is 9.85. The highest BCUT2D eigenvalue weighted by molar-refractivity contribution is 5.51. The molecular weight excluding hydrogens is 200 g/mol. The van der Waals surface area contributed by atoms with Crippen LogP contribution in [0.25, 0.3) is 0 Å². The molecule has 0 spiro atoms. The molecule has 1 aromatic rings. The standard InChI is InChI=1S/C14H18O2/c1-16-12-7-6-10-4-2-3-5-11(10)13(12)14(15)8-9-14/h6-7,15H,2-5,8-9H2,1H3. The maximum atomic E-state index is 10.4. The van der Waals surface area contributed by atoms with Crippen LogP contribution in [0.1, 0.15) is 42.4 Å². The van der Waals surface area contributed by atoms with E-state index in [1.54, 1.807) is 7.11 Å². The predicted molar refractivity (Wildman–Crippen MR) is 62.8 cm³/mol. The van der Waals surface area contributed by atoms with Crippen LogP contribution in [0.4, 0.5) is 0 Å². The van der Waals surface area contributed by atoms with Gasteiger partial charge in [0.1, 0.15) is 5.75 Å². The van der Waals surface area contributed by atoms with Crippen molar-refractivity contribution in [1.29, 1.82) is 0 Å². The molecule has 0 radical (unpaired) electrons. The molecule has 3 rings (SSSR count). The van der Waals surface area contributed by atoms with Crippen molar-refractivity contribution in [2.24, 2.45) is 0 Å². The number of hydrogen-bond donors (Lipinski definition) is 1. The van der Waals surface area contributed by atoms with Crippen molar-refractivity contribution in [3.8, 4) is 5.75 Å². The Morgan fingerprint density at radius 1 is 1.19 bits per heavy atom. The van der Waals surface area contributed by atoms with E-state index in [4.69, 9.17) is 4.74 Å². The normalized spacial score (nSPS) is 21.4. The van der Waals surface area contributed by atoms with Gasteiger partial charge in [0.15, 0.2) is 0 Å². The van der Waals surface area contributed by atoms with Crippen LogP contribution >= 0.6 is 0 Å². The zero-order valence-corrected chi connectivity index (χ0v) is 9.75. The molecule has 0 heterocycles. The number of aryl methyl sites for hydroxylation is 1. The van der Waals surface area contributed by atoms with Crippen LogP contribution in [0.15, 0.2) is 12.1 Å². The first kappa shape index (κ1) is 10.2. The third kappa shape index (κ3) is 1.44. The van der Waals surface area contributed by atoms with Crippen LogP contribution in [0.5, 0.6) is 5.75 Å². The Balaban J connectivity index is 2.17. The molecule has 2 nitrogen and oxygen atoms in total. The smallest absolute Gasteiger partial charge is 0.125 e. The minimum atomic E-state index is -0.575. The number of benzene rings is 1. The van der Waals surface area contributed by atoms with Crippen molar-refractivity contribution in [2.45, 2.75) is 44.1 Å². The fourth-order valence-electron chi connectivity index (χ4n) is 2.86. The summed E-state index contributed by atoms with van der Waals surface area (Å²) in [4.78, 5) is 0. The van der Waals surface area contributed by atoms with Crippen molar-refractivity contribution in [1.82, 2.24) is 0 Å². The maximum Gasteiger partial charge on any atom is 0.125 e. The lowest BCUT2D eigenvalue weighted by molar-refractivity contribution is 0.146. The van der Waals surface area contributed by atoms with Crippen LogP contribution in [0.2, 0.25) is 0 Å². The molecule has 2 aliphatic carbocycles.